The third-order valence-electron chi connectivity index (χ3n) is 4.39. The summed E-state index contributed by atoms with van der Waals surface area (Å²) in [5.74, 6) is 0. The molecule has 1 aliphatic carbocycles. The molecule has 0 spiro atoms. The molecule has 1 fully saturated rings. The van der Waals surface area contributed by atoms with Crippen LogP contribution in [0.2, 0.25) is 0 Å². The number of amides is 2. The summed E-state index contributed by atoms with van der Waals surface area (Å²) in [5, 5.41) is 2.60. The Morgan fingerprint density at radius 1 is 1.27 bits per heavy atom. The van der Waals surface area contributed by atoms with Crippen molar-refractivity contribution in [3.63, 3.8) is 0 Å². The van der Waals surface area contributed by atoms with Crippen LogP contribution in [-0.2, 0) is 16.4 Å². The van der Waals surface area contributed by atoms with Gasteiger partial charge in [-0.1, -0.05) is 12.8 Å². The van der Waals surface area contributed by atoms with Crippen molar-refractivity contribution in [1.82, 2.24) is 10.0 Å². The highest BCUT2D eigenvalue weighted by Gasteiger charge is 2.27. The van der Waals surface area contributed by atoms with E-state index in [0.717, 1.165) is 36.9 Å². The second-order valence-corrected chi connectivity index (χ2v) is 7.56. The number of fused-ring (bicyclic) bond motifs is 1. The Bertz CT molecular complexity index is 681. The van der Waals surface area contributed by atoms with Crippen LogP contribution in [0.25, 0.3) is 0 Å². The monoisotopic (exact) mass is 323 g/mol. The lowest BCUT2D eigenvalue weighted by Gasteiger charge is -2.17. The number of benzene rings is 1. The largest absolute Gasteiger partial charge is 0.341 e. The van der Waals surface area contributed by atoms with Gasteiger partial charge in [-0.05, 0) is 43.0 Å². The number of hydrogen-bond acceptors (Lipinski definition) is 3. The van der Waals surface area contributed by atoms with Crippen molar-refractivity contribution in [2.24, 2.45) is 0 Å². The van der Waals surface area contributed by atoms with Crippen molar-refractivity contribution < 1.29 is 13.2 Å². The summed E-state index contributed by atoms with van der Waals surface area (Å²) in [6, 6.07) is 4.88. The Kier molecular flexibility index (Phi) is 4.10. The van der Waals surface area contributed by atoms with Crippen LogP contribution < -0.4 is 14.9 Å². The number of anilines is 1. The van der Waals surface area contributed by atoms with Gasteiger partial charge in [0.05, 0.1) is 4.90 Å². The Morgan fingerprint density at radius 2 is 2.00 bits per heavy atom. The molecule has 0 aromatic heterocycles. The fourth-order valence-corrected chi connectivity index (χ4v) is 4.58. The predicted molar refractivity (Wildman–Crippen MR) is 84.5 cm³/mol. The van der Waals surface area contributed by atoms with Gasteiger partial charge < -0.3 is 5.32 Å². The van der Waals surface area contributed by atoms with Gasteiger partial charge in [0.25, 0.3) is 0 Å². The maximum Gasteiger partial charge on any atom is 0.321 e. The minimum Gasteiger partial charge on any atom is -0.341 e. The molecule has 7 heteroatoms. The molecule has 3 rings (SSSR count). The van der Waals surface area contributed by atoms with Crippen LogP contribution in [0.3, 0.4) is 0 Å². The number of carbonyl (C=O) groups excluding carboxylic acids is 1. The first-order valence-electron chi connectivity index (χ1n) is 7.66. The molecule has 1 saturated carbocycles. The van der Waals surface area contributed by atoms with E-state index >= 15 is 0 Å². The molecule has 0 bridgehead atoms. The van der Waals surface area contributed by atoms with Gasteiger partial charge in [0.15, 0.2) is 0 Å². The van der Waals surface area contributed by atoms with Gasteiger partial charge in [-0.25, -0.2) is 17.9 Å². The van der Waals surface area contributed by atoms with Crippen molar-refractivity contribution in [1.29, 1.82) is 0 Å². The van der Waals surface area contributed by atoms with Gasteiger partial charge in [-0.2, -0.15) is 0 Å². The van der Waals surface area contributed by atoms with Crippen LogP contribution in [0.4, 0.5) is 10.5 Å². The lowest BCUT2D eigenvalue weighted by Crippen LogP contribution is -2.36. The first-order chi connectivity index (χ1) is 10.5. The van der Waals surface area contributed by atoms with Gasteiger partial charge in [-0.3, -0.25) is 4.90 Å². The SMILES string of the molecule is CNC(=O)N1CCc2cc(S(=O)(=O)NC3CCCC3)ccc21. The summed E-state index contributed by atoms with van der Waals surface area (Å²) in [7, 11) is -1.89. The van der Waals surface area contributed by atoms with Crippen LogP contribution in [0.15, 0.2) is 23.1 Å². The number of nitrogens with one attached hydrogen (secondary N) is 2. The standard InChI is InChI=1S/C15H21N3O3S/c1-16-15(19)18-9-8-11-10-13(6-7-14(11)18)22(20,21)17-12-4-2-3-5-12/h6-7,10,12,17H,2-5,8-9H2,1H3,(H,16,19). The van der Waals surface area contributed by atoms with Crippen molar-refractivity contribution in [2.75, 3.05) is 18.5 Å². The highest BCUT2D eigenvalue weighted by Crippen LogP contribution is 2.30. The third-order valence-corrected chi connectivity index (χ3v) is 5.91. The Labute approximate surface area is 130 Å². The van der Waals surface area contributed by atoms with E-state index in [1.54, 1.807) is 30.1 Å². The zero-order chi connectivity index (χ0) is 15.7. The summed E-state index contributed by atoms with van der Waals surface area (Å²) in [6.07, 6.45) is 4.66. The first kappa shape index (κ1) is 15.3. The van der Waals surface area contributed by atoms with E-state index in [9.17, 15) is 13.2 Å². The van der Waals surface area contributed by atoms with Gasteiger partial charge in [0.2, 0.25) is 10.0 Å². The number of carbonyl (C=O) groups is 1. The summed E-state index contributed by atoms with van der Waals surface area (Å²) in [4.78, 5) is 13.7. The van der Waals surface area contributed by atoms with E-state index in [1.165, 1.54) is 0 Å². The number of nitrogens with zero attached hydrogens (tertiary/aromatic N) is 1. The molecule has 1 heterocycles. The van der Waals surface area contributed by atoms with Gasteiger partial charge in [-0.15, -0.1) is 0 Å². The van der Waals surface area contributed by atoms with E-state index in [1.807, 2.05) is 0 Å². The summed E-state index contributed by atoms with van der Waals surface area (Å²) < 4.78 is 27.7. The molecule has 0 atom stereocenters. The third kappa shape index (κ3) is 2.83. The number of sulfonamides is 1. The molecule has 2 amide bonds. The fourth-order valence-electron chi connectivity index (χ4n) is 3.22. The van der Waals surface area contributed by atoms with Crippen LogP contribution in [0.1, 0.15) is 31.2 Å². The number of rotatable bonds is 3. The van der Waals surface area contributed by atoms with E-state index in [4.69, 9.17) is 0 Å². The van der Waals surface area contributed by atoms with E-state index in [-0.39, 0.29) is 17.0 Å². The minimum absolute atomic E-state index is 0.0561. The van der Waals surface area contributed by atoms with Crippen LogP contribution in [0, 0.1) is 0 Å². The Hall–Kier alpha value is -1.60. The average molecular weight is 323 g/mol. The maximum atomic E-state index is 12.5. The molecule has 0 unspecified atom stereocenters. The fraction of sp³-hybridized carbons (Fsp3) is 0.533. The molecule has 1 aromatic rings. The van der Waals surface area contributed by atoms with Crippen LogP contribution in [-0.4, -0.2) is 34.1 Å². The van der Waals surface area contributed by atoms with E-state index in [2.05, 4.69) is 10.0 Å². The number of hydrogen-bond donors (Lipinski definition) is 2. The predicted octanol–water partition coefficient (Wildman–Crippen LogP) is 1.61. The van der Waals surface area contributed by atoms with Crippen molar-refractivity contribution >= 4 is 21.7 Å². The molecule has 1 aromatic carbocycles. The summed E-state index contributed by atoms with van der Waals surface area (Å²) in [5.41, 5.74) is 1.69. The van der Waals surface area contributed by atoms with E-state index < -0.39 is 10.0 Å². The van der Waals surface area contributed by atoms with Crippen molar-refractivity contribution in [2.45, 2.75) is 43.0 Å². The minimum atomic E-state index is -3.48. The molecular weight excluding hydrogens is 302 g/mol. The summed E-state index contributed by atoms with van der Waals surface area (Å²) in [6.45, 7) is 0.578. The topological polar surface area (TPSA) is 78.5 Å². The Morgan fingerprint density at radius 3 is 2.68 bits per heavy atom. The van der Waals surface area contributed by atoms with Crippen LogP contribution in [0.5, 0.6) is 0 Å². The average Bonchev–Trinajstić information content (AvgIpc) is 3.14. The molecule has 1 aliphatic heterocycles. The van der Waals surface area contributed by atoms with E-state index in [0.29, 0.717) is 13.0 Å². The van der Waals surface area contributed by atoms with Crippen molar-refractivity contribution in [3.05, 3.63) is 23.8 Å². The van der Waals surface area contributed by atoms with Gasteiger partial charge in [0, 0.05) is 25.3 Å². The quantitative estimate of drug-likeness (QED) is 0.887. The van der Waals surface area contributed by atoms with Gasteiger partial charge >= 0.3 is 6.03 Å². The second kappa shape index (κ2) is 5.89. The van der Waals surface area contributed by atoms with Crippen molar-refractivity contribution in [3.8, 4) is 0 Å². The molecular formula is C15H21N3O3S. The highest BCUT2D eigenvalue weighted by atomic mass is 32.2. The van der Waals surface area contributed by atoms with Crippen LogP contribution >= 0.6 is 0 Å². The molecule has 0 radical (unpaired) electrons. The maximum absolute atomic E-state index is 12.5. The summed E-state index contributed by atoms with van der Waals surface area (Å²) >= 11 is 0. The van der Waals surface area contributed by atoms with Gasteiger partial charge in [0.1, 0.15) is 0 Å². The normalized spacial score (nSPS) is 18.5. The smallest absolute Gasteiger partial charge is 0.321 e. The second-order valence-electron chi connectivity index (χ2n) is 5.85. The molecule has 0 saturated heterocycles. The number of urea groups is 1. The molecule has 22 heavy (non-hydrogen) atoms. The highest BCUT2D eigenvalue weighted by molar-refractivity contribution is 7.89. The molecule has 2 aliphatic rings. The lowest BCUT2D eigenvalue weighted by atomic mass is 10.2. The zero-order valence-electron chi connectivity index (χ0n) is 12.6. The molecule has 120 valence electrons. The lowest BCUT2D eigenvalue weighted by molar-refractivity contribution is 0.248. The zero-order valence-corrected chi connectivity index (χ0v) is 13.4. The first-order valence-corrected chi connectivity index (χ1v) is 9.14. The Balaban J connectivity index is 1.83. The molecule has 2 N–H and O–H groups in total. The molecule has 6 nitrogen and oxygen atoms in total.